The zero-order valence-electron chi connectivity index (χ0n) is 11.5. The Hall–Kier alpha value is -1.98. The van der Waals surface area contributed by atoms with E-state index in [4.69, 9.17) is 4.74 Å². The van der Waals surface area contributed by atoms with Gasteiger partial charge in [-0.2, -0.15) is 0 Å². The molecular weight excluding hydrogens is 330 g/mol. The summed E-state index contributed by atoms with van der Waals surface area (Å²) < 4.78 is 6.85. The second-order valence-electron chi connectivity index (χ2n) is 4.63. The number of halogens is 1. The van der Waals surface area contributed by atoms with Crippen LogP contribution in [0.1, 0.15) is 5.69 Å². The van der Waals surface area contributed by atoms with Crippen LogP contribution in [0.4, 0.5) is 0 Å². The van der Waals surface area contributed by atoms with Crippen LogP contribution in [-0.2, 0) is 6.54 Å². The van der Waals surface area contributed by atoms with Crippen LogP contribution in [0.2, 0.25) is 0 Å². The van der Waals surface area contributed by atoms with Crippen molar-refractivity contribution in [2.24, 2.45) is 0 Å². The maximum Gasteiger partial charge on any atom is 0.238 e. The normalized spacial score (nSPS) is 10.8. The molecule has 106 valence electrons. The van der Waals surface area contributed by atoms with Crippen molar-refractivity contribution in [1.82, 2.24) is 15.3 Å². The van der Waals surface area contributed by atoms with E-state index >= 15 is 0 Å². The number of fused-ring (bicyclic) bond motifs is 1. The fourth-order valence-electron chi connectivity index (χ4n) is 2.08. The molecule has 3 rings (SSSR count). The standard InChI is InChI=1S/C16H14BrN3O/c1-18-8-14-9-19-10-16(20-14)21-15-5-3-11-6-13(17)4-2-12(11)7-15/h2-7,9-10,18H,8H2,1H3. The topological polar surface area (TPSA) is 47.0 Å². The summed E-state index contributed by atoms with van der Waals surface area (Å²) in [5.74, 6) is 1.25. The fraction of sp³-hybridized carbons (Fsp3) is 0.125. The second-order valence-corrected chi connectivity index (χ2v) is 5.55. The summed E-state index contributed by atoms with van der Waals surface area (Å²) in [6.45, 7) is 0.663. The maximum absolute atomic E-state index is 5.79. The molecule has 0 atom stereocenters. The van der Waals surface area contributed by atoms with Crippen molar-refractivity contribution in [2.45, 2.75) is 6.54 Å². The molecule has 0 saturated heterocycles. The predicted octanol–water partition coefficient (Wildman–Crippen LogP) is 3.90. The first-order valence-electron chi connectivity index (χ1n) is 6.57. The minimum absolute atomic E-state index is 0.499. The average molecular weight is 344 g/mol. The summed E-state index contributed by atoms with van der Waals surface area (Å²) in [4.78, 5) is 8.54. The largest absolute Gasteiger partial charge is 0.437 e. The first kappa shape index (κ1) is 14.0. The van der Waals surface area contributed by atoms with Crippen molar-refractivity contribution in [3.63, 3.8) is 0 Å². The number of hydrogen-bond donors (Lipinski definition) is 1. The number of benzene rings is 2. The van der Waals surface area contributed by atoms with Crippen molar-refractivity contribution in [1.29, 1.82) is 0 Å². The zero-order chi connectivity index (χ0) is 14.7. The smallest absolute Gasteiger partial charge is 0.238 e. The second kappa shape index (κ2) is 6.20. The SMILES string of the molecule is CNCc1cncc(Oc2ccc3cc(Br)ccc3c2)n1. The summed E-state index contributed by atoms with van der Waals surface area (Å²) in [7, 11) is 1.87. The van der Waals surface area contributed by atoms with E-state index in [9.17, 15) is 0 Å². The molecule has 0 aliphatic rings. The summed E-state index contributed by atoms with van der Waals surface area (Å²) >= 11 is 3.47. The van der Waals surface area contributed by atoms with Gasteiger partial charge in [0.1, 0.15) is 5.75 Å². The quantitative estimate of drug-likeness (QED) is 0.780. The molecule has 0 bridgehead atoms. The van der Waals surface area contributed by atoms with E-state index in [-0.39, 0.29) is 0 Å². The molecule has 0 aliphatic heterocycles. The van der Waals surface area contributed by atoms with Gasteiger partial charge in [0, 0.05) is 17.2 Å². The summed E-state index contributed by atoms with van der Waals surface area (Å²) in [6.07, 6.45) is 3.34. The van der Waals surface area contributed by atoms with Crippen molar-refractivity contribution < 1.29 is 4.74 Å². The predicted molar refractivity (Wildman–Crippen MR) is 86.5 cm³/mol. The van der Waals surface area contributed by atoms with Gasteiger partial charge in [0.15, 0.2) is 0 Å². The van der Waals surface area contributed by atoms with Crippen LogP contribution in [0.15, 0.2) is 53.3 Å². The molecule has 0 saturated carbocycles. The van der Waals surface area contributed by atoms with E-state index in [1.54, 1.807) is 12.4 Å². The highest BCUT2D eigenvalue weighted by atomic mass is 79.9. The number of nitrogens with one attached hydrogen (secondary N) is 1. The molecule has 0 aliphatic carbocycles. The summed E-state index contributed by atoms with van der Waals surface area (Å²) in [5, 5.41) is 5.32. The van der Waals surface area contributed by atoms with E-state index in [0.29, 0.717) is 12.4 Å². The average Bonchev–Trinajstić information content (AvgIpc) is 2.48. The number of hydrogen-bond acceptors (Lipinski definition) is 4. The van der Waals surface area contributed by atoms with Crippen molar-refractivity contribution in [2.75, 3.05) is 7.05 Å². The monoisotopic (exact) mass is 343 g/mol. The molecule has 4 nitrogen and oxygen atoms in total. The van der Waals surface area contributed by atoms with Gasteiger partial charge in [0.25, 0.3) is 0 Å². The van der Waals surface area contributed by atoms with Gasteiger partial charge >= 0.3 is 0 Å². The number of nitrogens with zero attached hydrogens (tertiary/aromatic N) is 2. The Morgan fingerprint density at radius 3 is 2.76 bits per heavy atom. The van der Waals surface area contributed by atoms with E-state index in [1.165, 1.54) is 0 Å². The van der Waals surface area contributed by atoms with Crippen molar-refractivity contribution in [3.05, 3.63) is 59.0 Å². The van der Waals surface area contributed by atoms with Gasteiger partial charge in [0.2, 0.25) is 5.88 Å². The van der Waals surface area contributed by atoms with Gasteiger partial charge in [-0.05, 0) is 42.1 Å². The Bertz CT molecular complexity index is 776. The first-order chi connectivity index (χ1) is 10.2. The lowest BCUT2D eigenvalue weighted by atomic mass is 10.1. The van der Waals surface area contributed by atoms with Crippen LogP contribution in [0.5, 0.6) is 11.6 Å². The van der Waals surface area contributed by atoms with Crippen LogP contribution < -0.4 is 10.1 Å². The molecule has 0 spiro atoms. The lowest BCUT2D eigenvalue weighted by Crippen LogP contribution is -2.07. The molecule has 2 aromatic carbocycles. The Labute approximate surface area is 131 Å². The number of ether oxygens (including phenoxy) is 1. The molecule has 1 N–H and O–H groups in total. The van der Waals surface area contributed by atoms with Gasteiger partial charge in [-0.3, -0.25) is 4.98 Å². The minimum Gasteiger partial charge on any atom is -0.437 e. The highest BCUT2D eigenvalue weighted by Crippen LogP contribution is 2.26. The van der Waals surface area contributed by atoms with Crippen LogP contribution >= 0.6 is 15.9 Å². The third-order valence-electron chi connectivity index (χ3n) is 3.02. The molecule has 3 aromatic rings. The van der Waals surface area contributed by atoms with Crippen LogP contribution in [0.3, 0.4) is 0 Å². The van der Waals surface area contributed by atoms with E-state index < -0.39 is 0 Å². The van der Waals surface area contributed by atoms with Crippen LogP contribution in [0.25, 0.3) is 10.8 Å². The van der Waals surface area contributed by atoms with Gasteiger partial charge in [-0.1, -0.05) is 28.1 Å². The summed E-state index contributed by atoms with van der Waals surface area (Å²) in [5.41, 5.74) is 0.847. The Kier molecular flexibility index (Phi) is 4.13. The maximum atomic E-state index is 5.79. The molecule has 0 amide bonds. The van der Waals surface area contributed by atoms with E-state index in [1.807, 2.05) is 31.3 Å². The highest BCUT2D eigenvalue weighted by molar-refractivity contribution is 9.10. The van der Waals surface area contributed by atoms with Gasteiger partial charge in [-0.15, -0.1) is 0 Å². The van der Waals surface area contributed by atoms with E-state index in [0.717, 1.165) is 26.7 Å². The molecule has 1 aromatic heterocycles. The van der Waals surface area contributed by atoms with E-state index in [2.05, 4.69) is 43.3 Å². The Balaban J connectivity index is 1.87. The lowest BCUT2D eigenvalue weighted by molar-refractivity contribution is 0.457. The first-order valence-corrected chi connectivity index (χ1v) is 7.36. The Morgan fingerprint density at radius 1 is 1.10 bits per heavy atom. The highest BCUT2D eigenvalue weighted by Gasteiger charge is 2.03. The molecule has 0 fully saturated rings. The van der Waals surface area contributed by atoms with Gasteiger partial charge in [-0.25, -0.2) is 4.98 Å². The third-order valence-corrected chi connectivity index (χ3v) is 3.51. The van der Waals surface area contributed by atoms with Crippen LogP contribution in [-0.4, -0.2) is 17.0 Å². The molecule has 0 unspecified atom stereocenters. The van der Waals surface area contributed by atoms with Crippen molar-refractivity contribution >= 4 is 26.7 Å². The lowest BCUT2D eigenvalue weighted by Gasteiger charge is -2.07. The fourth-order valence-corrected chi connectivity index (χ4v) is 2.46. The molecule has 5 heteroatoms. The molecular formula is C16H14BrN3O. The number of aromatic nitrogens is 2. The molecule has 21 heavy (non-hydrogen) atoms. The summed E-state index contributed by atoms with van der Waals surface area (Å²) in [6, 6.07) is 12.1. The van der Waals surface area contributed by atoms with Crippen LogP contribution in [0, 0.1) is 0 Å². The minimum atomic E-state index is 0.499. The number of rotatable bonds is 4. The molecule has 0 radical (unpaired) electrons. The third kappa shape index (κ3) is 3.37. The van der Waals surface area contributed by atoms with Gasteiger partial charge < -0.3 is 10.1 Å². The molecule has 1 heterocycles. The zero-order valence-corrected chi connectivity index (χ0v) is 13.1. The Morgan fingerprint density at radius 2 is 1.90 bits per heavy atom. The van der Waals surface area contributed by atoms with Gasteiger partial charge in [0.05, 0.1) is 11.9 Å². The van der Waals surface area contributed by atoms with Crippen molar-refractivity contribution in [3.8, 4) is 11.6 Å².